The third-order valence-corrected chi connectivity index (χ3v) is 5.74. The SMILES string of the molecule is Cc1nc(N(C)C)sc1CNCC1(O)CCSCC1. The van der Waals surface area contributed by atoms with Crippen molar-refractivity contribution in [2.24, 2.45) is 0 Å². The Kier molecular flexibility index (Phi) is 5.11. The molecular formula is C13H23N3OS2. The first-order chi connectivity index (χ1) is 9.00. The molecule has 2 N–H and O–H groups in total. The molecule has 4 nitrogen and oxygen atoms in total. The molecule has 19 heavy (non-hydrogen) atoms. The molecule has 1 aliphatic rings. The number of nitrogens with zero attached hydrogens (tertiary/aromatic N) is 2. The Hall–Kier alpha value is -0.300. The minimum atomic E-state index is -0.506. The van der Waals surface area contributed by atoms with E-state index in [0.717, 1.165) is 41.7 Å². The van der Waals surface area contributed by atoms with Crippen molar-refractivity contribution in [1.29, 1.82) is 0 Å². The van der Waals surface area contributed by atoms with Crippen LogP contribution in [0.4, 0.5) is 5.13 Å². The predicted molar refractivity (Wildman–Crippen MR) is 84.4 cm³/mol. The fourth-order valence-corrected chi connectivity index (χ4v) is 4.31. The van der Waals surface area contributed by atoms with Gasteiger partial charge in [0.25, 0.3) is 0 Å². The van der Waals surface area contributed by atoms with Gasteiger partial charge in [-0.3, -0.25) is 0 Å². The summed E-state index contributed by atoms with van der Waals surface area (Å²) < 4.78 is 0. The van der Waals surface area contributed by atoms with Crippen LogP contribution in [0.1, 0.15) is 23.4 Å². The van der Waals surface area contributed by atoms with Crippen molar-refractivity contribution >= 4 is 28.2 Å². The molecule has 6 heteroatoms. The highest BCUT2D eigenvalue weighted by molar-refractivity contribution is 7.99. The van der Waals surface area contributed by atoms with E-state index in [4.69, 9.17) is 0 Å². The van der Waals surface area contributed by atoms with Gasteiger partial charge in [-0.1, -0.05) is 0 Å². The number of aromatic nitrogens is 1. The zero-order chi connectivity index (χ0) is 13.9. The standard InChI is InChI=1S/C13H23N3OS2/c1-10-11(19-12(15-10)16(2)3)8-14-9-13(17)4-6-18-7-5-13/h14,17H,4-9H2,1-3H3. The predicted octanol–water partition coefficient (Wildman–Crippen LogP) is 1.87. The summed E-state index contributed by atoms with van der Waals surface area (Å²) in [5.41, 5.74) is 0.584. The van der Waals surface area contributed by atoms with Crippen LogP contribution in [0.2, 0.25) is 0 Å². The normalized spacial score (nSPS) is 18.5. The fraction of sp³-hybridized carbons (Fsp3) is 0.769. The molecule has 0 bridgehead atoms. The monoisotopic (exact) mass is 301 g/mol. The number of thioether (sulfide) groups is 1. The van der Waals surface area contributed by atoms with Crippen molar-refractivity contribution in [2.45, 2.75) is 31.9 Å². The van der Waals surface area contributed by atoms with Gasteiger partial charge in [0.2, 0.25) is 0 Å². The zero-order valence-corrected chi connectivity index (χ0v) is 13.5. The number of thiazole rings is 1. The average Bonchev–Trinajstić information content (AvgIpc) is 2.72. The van der Waals surface area contributed by atoms with Crippen molar-refractivity contribution in [2.75, 3.05) is 37.0 Å². The maximum absolute atomic E-state index is 10.4. The highest BCUT2D eigenvalue weighted by Gasteiger charge is 2.28. The summed E-state index contributed by atoms with van der Waals surface area (Å²) in [6.07, 6.45) is 1.80. The maximum Gasteiger partial charge on any atom is 0.185 e. The van der Waals surface area contributed by atoms with Crippen LogP contribution in [-0.2, 0) is 6.54 Å². The lowest BCUT2D eigenvalue weighted by molar-refractivity contribution is 0.0320. The van der Waals surface area contributed by atoms with Gasteiger partial charge in [-0.25, -0.2) is 4.98 Å². The molecule has 0 radical (unpaired) electrons. The molecule has 1 saturated heterocycles. The van der Waals surface area contributed by atoms with E-state index in [2.05, 4.69) is 10.3 Å². The number of hydrogen-bond acceptors (Lipinski definition) is 6. The van der Waals surface area contributed by atoms with Crippen LogP contribution in [0.5, 0.6) is 0 Å². The van der Waals surface area contributed by atoms with Gasteiger partial charge < -0.3 is 15.3 Å². The highest BCUT2D eigenvalue weighted by Crippen LogP contribution is 2.27. The van der Waals surface area contributed by atoms with Gasteiger partial charge in [-0.05, 0) is 31.3 Å². The summed E-state index contributed by atoms with van der Waals surface area (Å²) in [6, 6.07) is 0. The summed E-state index contributed by atoms with van der Waals surface area (Å²) in [7, 11) is 4.02. The topological polar surface area (TPSA) is 48.4 Å². The van der Waals surface area contributed by atoms with Crippen LogP contribution in [0.15, 0.2) is 0 Å². The van der Waals surface area contributed by atoms with Crippen molar-refractivity contribution in [3.8, 4) is 0 Å². The Morgan fingerprint density at radius 1 is 1.37 bits per heavy atom. The minimum absolute atomic E-state index is 0.506. The molecule has 108 valence electrons. The molecule has 1 aromatic heterocycles. The lowest BCUT2D eigenvalue weighted by Crippen LogP contribution is -2.43. The fourth-order valence-electron chi connectivity index (χ4n) is 2.10. The third kappa shape index (κ3) is 4.08. The van der Waals surface area contributed by atoms with E-state index in [0.29, 0.717) is 6.54 Å². The van der Waals surface area contributed by atoms with Crippen LogP contribution >= 0.6 is 23.1 Å². The Bertz CT molecular complexity index is 414. The summed E-state index contributed by atoms with van der Waals surface area (Å²) >= 11 is 3.65. The maximum atomic E-state index is 10.4. The van der Waals surface area contributed by atoms with Gasteiger partial charge in [0.05, 0.1) is 11.3 Å². The van der Waals surface area contributed by atoms with E-state index in [1.807, 2.05) is 37.7 Å². The van der Waals surface area contributed by atoms with Gasteiger partial charge in [0.15, 0.2) is 5.13 Å². The van der Waals surface area contributed by atoms with Crippen LogP contribution in [0, 0.1) is 6.92 Å². The molecular weight excluding hydrogens is 278 g/mol. The number of aryl methyl sites for hydroxylation is 1. The molecule has 0 unspecified atom stereocenters. The molecule has 0 amide bonds. The molecule has 0 saturated carbocycles. The molecule has 0 spiro atoms. The van der Waals surface area contributed by atoms with Gasteiger partial charge in [-0.2, -0.15) is 11.8 Å². The summed E-state index contributed by atoms with van der Waals surface area (Å²) in [5.74, 6) is 2.14. The lowest BCUT2D eigenvalue weighted by Gasteiger charge is -2.31. The number of nitrogens with one attached hydrogen (secondary N) is 1. The number of rotatable bonds is 5. The van der Waals surface area contributed by atoms with Crippen molar-refractivity contribution in [3.63, 3.8) is 0 Å². The molecule has 2 heterocycles. The number of aliphatic hydroxyl groups is 1. The summed E-state index contributed by atoms with van der Waals surface area (Å²) in [4.78, 5) is 7.83. The van der Waals surface area contributed by atoms with Crippen LogP contribution in [-0.4, -0.2) is 47.8 Å². The van der Waals surface area contributed by atoms with Gasteiger partial charge in [0, 0.05) is 32.1 Å². The molecule has 0 atom stereocenters. The van der Waals surface area contributed by atoms with Crippen LogP contribution < -0.4 is 10.2 Å². The first-order valence-corrected chi connectivity index (χ1v) is 8.62. The Balaban J connectivity index is 1.85. The Labute approximate surface area is 123 Å². The third-order valence-electron chi connectivity index (χ3n) is 3.43. The number of anilines is 1. The van der Waals surface area contributed by atoms with Crippen molar-refractivity contribution in [3.05, 3.63) is 10.6 Å². The smallest absolute Gasteiger partial charge is 0.185 e. The van der Waals surface area contributed by atoms with Gasteiger partial charge in [0.1, 0.15) is 0 Å². The van der Waals surface area contributed by atoms with E-state index >= 15 is 0 Å². The van der Waals surface area contributed by atoms with E-state index < -0.39 is 5.60 Å². The molecule has 0 aliphatic carbocycles. The largest absolute Gasteiger partial charge is 0.389 e. The lowest BCUT2D eigenvalue weighted by atomic mass is 9.97. The Morgan fingerprint density at radius 3 is 2.63 bits per heavy atom. The first-order valence-electron chi connectivity index (χ1n) is 6.65. The van der Waals surface area contributed by atoms with E-state index in [1.165, 1.54) is 4.88 Å². The van der Waals surface area contributed by atoms with Crippen LogP contribution in [0.25, 0.3) is 0 Å². The van der Waals surface area contributed by atoms with Crippen molar-refractivity contribution in [1.82, 2.24) is 10.3 Å². The molecule has 0 aromatic carbocycles. The second-order valence-corrected chi connectivity index (χ2v) is 7.63. The Morgan fingerprint density at radius 2 is 2.05 bits per heavy atom. The number of hydrogen-bond donors (Lipinski definition) is 2. The molecule has 1 aromatic rings. The highest BCUT2D eigenvalue weighted by atomic mass is 32.2. The van der Waals surface area contributed by atoms with E-state index in [9.17, 15) is 5.11 Å². The minimum Gasteiger partial charge on any atom is -0.389 e. The zero-order valence-electron chi connectivity index (χ0n) is 11.9. The quantitative estimate of drug-likeness (QED) is 0.869. The van der Waals surface area contributed by atoms with E-state index in [1.54, 1.807) is 11.3 Å². The van der Waals surface area contributed by atoms with Crippen LogP contribution in [0.3, 0.4) is 0 Å². The van der Waals surface area contributed by atoms with Gasteiger partial charge in [-0.15, -0.1) is 11.3 Å². The van der Waals surface area contributed by atoms with E-state index in [-0.39, 0.29) is 0 Å². The molecule has 1 aliphatic heterocycles. The van der Waals surface area contributed by atoms with Crippen molar-refractivity contribution < 1.29 is 5.11 Å². The molecule has 1 fully saturated rings. The van der Waals surface area contributed by atoms with Gasteiger partial charge >= 0.3 is 0 Å². The summed E-state index contributed by atoms with van der Waals surface area (Å²) in [6.45, 7) is 3.53. The molecule has 2 rings (SSSR count). The second kappa shape index (κ2) is 6.43. The first kappa shape index (κ1) is 15.1. The average molecular weight is 301 g/mol. The second-order valence-electron chi connectivity index (χ2n) is 5.34. The summed E-state index contributed by atoms with van der Waals surface area (Å²) in [5, 5.41) is 14.9.